The summed E-state index contributed by atoms with van der Waals surface area (Å²) in [6.07, 6.45) is 0. The first-order valence-corrected chi connectivity index (χ1v) is 12.3. The lowest BCUT2D eigenvalue weighted by atomic mass is 10.1. The predicted octanol–water partition coefficient (Wildman–Crippen LogP) is 3.71. The number of H-pyrrole nitrogens is 1. The highest BCUT2D eigenvalue weighted by atomic mass is 28.3. The topological polar surface area (TPSA) is 73.4 Å². The molecule has 1 heterocycles. The average Bonchev–Trinajstić information content (AvgIpc) is 2.88. The number of aromatic amines is 1. The van der Waals surface area contributed by atoms with Gasteiger partial charge in [-0.2, -0.15) is 0 Å². The van der Waals surface area contributed by atoms with Gasteiger partial charge in [-0.1, -0.05) is 19.6 Å². The number of nitrogens with one attached hydrogen (secondary N) is 1. The first-order valence-electron chi connectivity index (χ1n) is 8.59. The van der Waals surface area contributed by atoms with Gasteiger partial charge in [-0.3, -0.25) is 0 Å². The van der Waals surface area contributed by atoms with Crippen molar-refractivity contribution >= 4 is 14.0 Å². The van der Waals surface area contributed by atoms with Gasteiger partial charge >= 0.3 is 5.97 Å². The van der Waals surface area contributed by atoms with E-state index in [1.807, 2.05) is 20.8 Å². The molecule has 24 heavy (non-hydrogen) atoms. The lowest BCUT2D eigenvalue weighted by Crippen LogP contribution is -2.23. The summed E-state index contributed by atoms with van der Waals surface area (Å²) in [6, 6.07) is 1.08. The second-order valence-electron chi connectivity index (χ2n) is 7.44. The number of hydrogen-bond donors (Lipinski definition) is 1. The van der Waals surface area contributed by atoms with Gasteiger partial charge in [0.2, 0.25) is 0 Å². The molecule has 1 N–H and O–H groups in total. The standard InChI is InChI=1S/C17H32N2O4Si/c1-8-22-15(20)14-13(12-21-10-11-24(5,6)7)18-16(19-14)17(3,4)23-9-2/h8-12H2,1-7H3,(H,18,19). The van der Waals surface area contributed by atoms with Crippen molar-refractivity contribution in [2.24, 2.45) is 0 Å². The van der Waals surface area contributed by atoms with Crippen LogP contribution in [0.2, 0.25) is 25.7 Å². The zero-order valence-electron chi connectivity index (χ0n) is 16.1. The third-order valence-electron chi connectivity index (χ3n) is 3.57. The molecule has 0 saturated heterocycles. The molecule has 0 unspecified atom stereocenters. The van der Waals surface area contributed by atoms with E-state index in [1.165, 1.54) is 0 Å². The van der Waals surface area contributed by atoms with E-state index in [9.17, 15) is 4.79 Å². The monoisotopic (exact) mass is 356 g/mol. The molecule has 0 aromatic carbocycles. The van der Waals surface area contributed by atoms with Crippen molar-refractivity contribution < 1.29 is 19.0 Å². The van der Waals surface area contributed by atoms with Gasteiger partial charge in [0.25, 0.3) is 0 Å². The van der Waals surface area contributed by atoms with Gasteiger partial charge in [-0.15, -0.1) is 0 Å². The number of ether oxygens (including phenoxy) is 3. The van der Waals surface area contributed by atoms with E-state index in [1.54, 1.807) is 6.92 Å². The fourth-order valence-corrected chi connectivity index (χ4v) is 2.91. The summed E-state index contributed by atoms with van der Waals surface area (Å²) in [4.78, 5) is 19.8. The Kier molecular flexibility index (Phi) is 7.63. The van der Waals surface area contributed by atoms with Gasteiger partial charge < -0.3 is 19.2 Å². The minimum atomic E-state index is -1.14. The van der Waals surface area contributed by atoms with E-state index in [0.717, 1.165) is 6.04 Å². The molecule has 0 fully saturated rings. The van der Waals surface area contributed by atoms with E-state index in [0.29, 0.717) is 37.9 Å². The largest absolute Gasteiger partial charge is 0.461 e. The van der Waals surface area contributed by atoms with Crippen LogP contribution in [0.1, 0.15) is 49.7 Å². The SMILES string of the molecule is CCOC(=O)c1nc(C(C)(C)OCC)[nH]c1COCC[Si](C)(C)C. The van der Waals surface area contributed by atoms with Gasteiger partial charge in [0.15, 0.2) is 5.69 Å². The van der Waals surface area contributed by atoms with Crippen LogP contribution < -0.4 is 0 Å². The predicted molar refractivity (Wildman–Crippen MR) is 97.0 cm³/mol. The molecule has 0 amide bonds. The van der Waals surface area contributed by atoms with Gasteiger partial charge in [0.1, 0.15) is 11.4 Å². The number of rotatable bonds is 10. The fourth-order valence-electron chi connectivity index (χ4n) is 2.15. The number of nitrogens with zero attached hydrogens (tertiary/aromatic N) is 1. The molecular formula is C17H32N2O4Si. The van der Waals surface area contributed by atoms with Gasteiger partial charge in [-0.25, -0.2) is 9.78 Å². The first-order chi connectivity index (χ1) is 11.1. The Morgan fingerprint density at radius 1 is 1.21 bits per heavy atom. The summed E-state index contributed by atoms with van der Waals surface area (Å²) in [6.45, 7) is 16.3. The molecule has 7 heteroatoms. The van der Waals surface area contributed by atoms with Crippen molar-refractivity contribution in [3.8, 4) is 0 Å². The molecule has 0 atom stereocenters. The van der Waals surface area contributed by atoms with Gasteiger partial charge in [-0.05, 0) is 33.7 Å². The normalized spacial score (nSPS) is 12.5. The number of aromatic nitrogens is 2. The zero-order valence-corrected chi connectivity index (χ0v) is 17.1. The van der Waals surface area contributed by atoms with Crippen LogP contribution in [0.15, 0.2) is 0 Å². The zero-order chi connectivity index (χ0) is 18.4. The van der Waals surface area contributed by atoms with Crippen LogP contribution in [-0.4, -0.2) is 43.8 Å². The number of esters is 1. The van der Waals surface area contributed by atoms with Gasteiger partial charge in [0, 0.05) is 21.3 Å². The maximum absolute atomic E-state index is 12.2. The van der Waals surface area contributed by atoms with Crippen molar-refractivity contribution in [2.75, 3.05) is 19.8 Å². The number of carbonyl (C=O) groups excluding carboxylic acids is 1. The van der Waals surface area contributed by atoms with E-state index in [4.69, 9.17) is 14.2 Å². The van der Waals surface area contributed by atoms with Gasteiger partial charge in [0.05, 0.1) is 18.9 Å². The fraction of sp³-hybridized carbons (Fsp3) is 0.765. The van der Waals surface area contributed by atoms with Crippen molar-refractivity contribution in [2.45, 2.75) is 65.6 Å². The maximum Gasteiger partial charge on any atom is 0.358 e. The minimum absolute atomic E-state index is 0.285. The number of hydrogen-bond acceptors (Lipinski definition) is 5. The van der Waals surface area contributed by atoms with Crippen molar-refractivity contribution in [3.63, 3.8) is 0 Å². The molecule has 0 bridgehead atoms. The van der Waals surface area contributed by atoms with Crippen LogP contribution in [0.4, 0.5) is 0 Å². The van der Waals surface area contributed by atoms with E-state index in [2.05, 4.69) is 29.6 Å². The van der Waals surface area contributed by atoms with Crippen molar-refractivity contribution in [1.29, 1.82) is 0 Å². The van der Waals surface area contributed by atoms with Crippen LogP contribution in [0, 0.1) is 0 Å². The Morgan fingerprint density at radius 3 is 2.42 bits per heavy atom. The lowest BCUT2D eigenvalue weighted by Gasteiger charge is -2.21. The third kappa shape index (κ3) is 6.37. The summed E-state index contributed by atoms with van der Waals surface area (Å²) in [7, 11) is -1.14. The van der Waals surface area contributed by atoms with Crippen LogP contribution in [-0.2, 0) is 26.4 Å². The van der Waals surface area contributed by atoms with Crippen LogP contribution >= 0.6 is 0 Å². The van der Waals surface area contributed by atoms with E-state index in [-0.39, 0.29) is 5.69 Å². The van der Waals surface area contributed by atoms with Crippen LogP contribution in [0.5, 0.6) is 0 Å². The Morgan fingerprint density at radius 2 is 1.88 bits per heavy atom. The lowest BCUT2D eigenvalue weighted by molar-refractivity contribution is -0.0204. The van der Waals surface area contributed by atoms with E-state index >= 15 is 0 Å². The van der Waals surface area contributed by atoms with E-state index < -0.39 is 19.6 Å². The first kappa shape index (κ1) is 20.9. The molecule has 0 aliphatic rings. The Labute approximate surface area is 146 Å². The summed E-state index contributed by atoms with van der Waals surface area (Å²) in [5, 5.41) is 0. The van der Waals surface area contributed by atoms with Crippen LogP contribution in [0.25, 0.3) is 0 Å². The summed E-state index contributed by atoms with van der Waals surface area (Å²) in [5.74, 6) is 0.173. The summed E-state index contributed by atoms with van der Waals surface area (Å²) >= 11 is 0. The Bertz CT molecular complexity index is 535. The number of carbonyl (C=O) groups is 1. The smallest absolute Gasteiger partial charge is 0.358 e. The minimum Gasteiger partial charge on any atom is -0.461 e. The summed E-state index contributed by atoms with van der Waals surface area (Å²) in [5.41, 5.74) is 0.325. The second-order valence-corrected chi connectivity index (χ2v) is 13.1. The van der Waals surface area contributed by atoms with Crippen molar-refractivity contribution in [1.82, 2.24) is 9.97 Å². The highest BCUT2D eigenvalue weighted by Gasteiger charge is 2.29. The molecule has 6 nitrogen and oxygen atoms in total. The Balaban J connectivity index is 2.90. The summed E-state index contributed by atoms with van der Waals surface area (Å²) < 4.78 is 16.6. The Hall–Kier alpha value is -1.18. The van der Waals surface area contributed by atoms with Crippen LogP contribution in [0.3, 0.4) is 0 Å². The molecule has 0 aliphatic heterocycles. The molecule has 1 rings (SSSR count). The molecule has 0 saturated carbocycles. The third-order valence-corrected chi connectivity index (χ3v) is 5.27. The maximum atomic E-state index is 12.2. The molecular weight excluding hydrogens is 324 g/mol. The molecule has 1 aromatic rings. The number of imidazole rings is 1. The molecule has 1 aromatic heterocycles. The average molecular weight is 357 g/mol. The molecule has 0 aliphatic carbocycles. The molecule has 0 radical (unpaired) electrons. The highest BCUT2D eigenvalue weighted by molar-refractivity contribution is 6.76. The van der Waals surface area contributed by atoms with Crippen molar-refractivity contribution in [3.05, 3.63) is 17.2 Å². The highest BCUT2D eigenvalue weighted by Crippen LogP contribution is 2.24. The second kappa shape index (κ2) is 8.78. The molecule has 0 spiro atoms. The molecule has 138 valence electrons. The quantitative estimate of drug-likeness (QED) is 0.393.